The van der Waals surface area contributed by atoms with Gasteiger partial charge in [-0.15, -0.1) is 0 Å². The number of halogens is 1. The molecule has 2 aromatic carbocycles. The van der Waals surface area contributed by atoms with E-state index in [0.29, 0.717) is 16.3 Å². The third-order valence-electron chi connectivity index (χ3n) is 3.51. The maximum absolute atomic E-state index is 12.5. The van der Waals surface area contributed by atoms with Crippen LogP contribution in [0.3, 0.4) is 0 Å². The largest absolute Gasteiger partial charge is 0.350 e. The lowest BCUT2D eigenvalue weighted by Crippen LogP contribution is -2.11. The minimum atomic E-state index is -0.155. The fraction of sp³-hybridized carbons (Fsp3) is 0.118. The smallest absolute Gasteiger partial charge is 0.257 e. The molecule has 0 atom stereocenters. The van der Waals surface area contributed by atoms with E-state index < -0.39 is 0 Å². The summed E-state index contributed by atoms with van der Waals surface area (Å²) in [7, 11) is 1.93. The van der Waals surface area contributed by atoms with E-state index in [1.807, 2.05) is 67.2 Å². The molecule has 0 radical (unpaired) electrons. The average molecular weight is 299 g/mol. The molecule has 0 saturated carbocycles. The molecule has 0 bridgehead atoms. The lowest BCUT2D eigenvalue weighted by molar-refractivity contribution is 0.102. The number of fused-ring (bicyclic) bond motifs is 1. The van der Waals surface area contributed by atoms with Crippen LogP contribution in [0.25, 0.3) is 10.9 Å². The van der Waals surface area contributed by atoms with Crippen molar-refractivity contribution >= 4 is 34.1 Å². The van der Waals surface area contributed by atoms with Crippen molar-refractivity contribution < 1.29 is 4.79 Å². The molecular formula is C17H15ClN2O. The van der Waals surface area contributed by atoms with Crippen molar-refractivity contribution in [3.63, 3.8) is 0 Å². The summed E-state index contributed by atoms with van der Waals surface area (Å²) >= 11 is 6.16. The van der Waals surface area contributed by atoms with Gasteiger partial charge in [0.2, 0.25) is 0 Å². The van der Waals surface area contributed by atoms with Crippen molar-refractivity contribution in [2.24, 2.45) is 7.05 Å². The Morgan fingerprint density at radius 3 is 2.71 bits per heavy atom. The van der Waals surface area contributed by atoms with Gasteiger partial charge in [0.1, 0.15) is 0 Å². The van der Waals surface area contributed by atoms with Gasteiger partial charge in [0.05, 0.1) is 16.3 Å². The first-order valence-electron chi connectivity index (χ1n) is 6.68. The summed E-state index contributed by atoms with van der Waals surface area (Å²) in [6.45, 7) is 1.96. The van der Waals surface area contributed by atoms with Crippen LogP contribution in [0.4, 0.5) is 5.69 Å². The zero-order valence-corrected chi connectivity index (χ0v) is 12.6. The quantitative estimate of drug-likeness (QED) is 0.748. The second kappa shape index (κ2) is 5.26. The third-order valence-corrected chi connectivity index (χ3v) is 3.83. The Labute approximate surface area is 128 Å². The van der Waals surface area contributed by atoms with Crippen molar-refractivity contribution in [2.45, 2.75) is 6.92 Å². The highest BCUT2D eigenvalue weighted by Gasteiger charge is 2.14. The third kappa shape index (κ3) is 2.52. The van der Waals surface area contributed by atoms with Gasteiger partial charge in [-0.2, -0.15) is 0 Å². The molecule has 0 saturated heterocycles. The number of hydrogen-bond acceptors (Lipinski definition) is 1. The SMILES string of the molecule is Cc1ccc(NC(=O)c2cn(C)c3ccccc23)c(Cl)c1. The molecule has 106 valence electrons. The first-order valence-corrected chi connectivity index (χ1v) is 7.05. The summed E-state index contributed by atoms with van der Waals surface area (Å²) in [6.07, 6.45) is 1.84. The zero-order valence-electron chi connectivity index (χ0n) is 11.9. The number of anilines is 1. The van der Waals surface area contributed by atoms with Crippen LogP contribution in [0.2, 0.25) is 5.02 Å². The number of carbonyl (C=O) groups excluding carboxylic acids is 1. The monoisotopic (exact) mass is 298 g/mol. The predicted molar refractivity (Wildman–Crippen MR) is 87.1 cm³/mol. The van der Waals surface area contributed by atoms with E-state index >= 15 is 0 Å². The molecule has 0 aliphatic heterocycles. The van der Waals surface area contributed by atoms with Gasteiger partial charge in [-0.05, 0) is 30.7 Å². The molecule has 0 fully saturated rings. The van der Waals surface area contributed by atoms with E-state index in [0.717, 1.165) is 16.5 Å². The summed E-state index contributed by atoms with van der Waals surface area (Å²) in [6, 6.07) is 13.4. The van der Waals surface area contributed by atoms with Crippen LogP contribution in [0.15, 0.2) is 48.7 Å². The number of hydrogen-bond donors (Lipinski definition) is 1. The van der Waals surface area contributed by atoms with Crippen LogP contribution in [0.5, 0.6) is 0 Å². The number of nitrogens with zero attached hydrogens (tertiary/aromatic N) is 1. The zero-order chi connectivity index (χ0) is 15.0. The molecule has 3 aromatic rings. The molecule has 1 N–H and O–H groups in total. The topological polar surface area (TPSA) is 34.0 Å². The van der Waals surface area contributed by atoms with Crippen LogP contribution in [0, 0.1) is 6.92 Å². The highest BCUT2D eigenvalue weighted by Crippen LogP contribution is 2.25. The molecule has 21 heavy (non-hydrogen) atoms. The Morgan fingerprint density at radius 2 is 1.95 bits per heavy atom. The van der Waals surface area contributed by atoms with Crippen molar-refractivity contribution in [1.82, 2.24) is 4.57 Å². The van der Waals surface area contributed by atoms with Gasteiger partial charge in [0.15, 0.2) is 0 Å². The molecule has 0 unspecified atom stereocenters. The normalized spacial score (nSPS) is 10.8. The Hall–Kier alpha value is -2.26. The van der Waals surface area contributed by atoms with Crippen molar-refractivity contribution in [1.29, 1.82) is 0 Å². The van der Waals surface area contributed by atoms with Gasteiger partial charge in [0.25, 0.3) is 5.91 Å². The highest BCUT2D eigenvalue weighted by atomic mass is 35.5. The molecule has 0 aliphatic carbocycles. The molecular weight excluding hydrogens is 284 g/mol. The second-order valence-corrected chi connectivity index (χ2v) is 5.52. The fourth-order valence-corrected chi connectivity index (χ4v) is 2.72. The molecule has 4 heteroatoms. The first-order chi connectivity index (χ1) is 10.1. The van der Waals surface area contributed by atoms with E-state index in [4.69, 9.17) is 11.6 Å². The average Bonchev–Trinajstić information content (AvgIpc) is 2.80. The fourth-order valence-electron chi connectivity index (χ4n) is 2.43. The minimum Gasteiger partial charge on any atom is -0.350 e. The highest BCUT2D eigenvalue weighted by molar-refractivity contribution is 6.34. The number of nitrogens with one attached hydrogen (secondary N) is 1. The second-order valence-electron chi connectivity index (χ2n) is 5.11. The van der Waals surface area contributed by atoms with Crippen LogP contribution in [-0.2, 0) is 7.05 Å². The van der Waals surface area contributed by atoms with Crippen molar-refractivity contribution in [3.05, 3.63) is 64.8 Å². The van der Waals surface area contributed by atoms with Gasteiger partial charge in [-0.3, -0.25) is 4.79 Å². The van der Waals surface area contributed by atoms with Crippen molar-refractivity contribution in [2.75, 3.05) is 5.32 Å². The molecule has 3 rings (SSSR count). The van der Waals surface area contributed by atoms with Gasteiger partial charge in [-0.1, -0.05) is 35.9 Å². The van der Waals surface area contributed by atoms with Gasteiger partial charge >= 0.3 is 0 Å². The Bertz CT molecular complexity index is 836. The van der Waals surface area contributed by atoms with E-state index in [-0.39, 0.29) is 5.91 Å². The lowest BCUT2D eigenvalue weighted by Gasteiger charge is -2.07. The van der Waals surface area contributed by atoms with Crippen LogP contribution in [0.1, 0.15) is 15.9 Å². The van der Waals surface area contributed by atoms with Crippen molar-refractivity contribution in [3.8, 4) is 0 Å². The van der Waals surface area contributed by atoms with E-state index in [9.17, 15) is 4.79 Å². The van der Waals surface area contributed by atoms with Crippen LogP contribution >= 0.6 is 11.6 Å². The molecule has 1 heterocycles. The molecule has 0 spiro atoms. The first kappa shape index (κ1) is 13.7. The van der Waals surface area contributed by atoms with Gasteiger partial charge < -0.3 is 9.88 Å². The Kier molecular flexibility index (Phi) is 3.43. The van der Waals surface area contributed by atoms with Gasteiger partial charge in [-0.25, -0.2) is 0 Å². The summed E-state index contributed by atoms with van der Waals surface area (Å²) < 4.78 is 1.95. The minimum absolute atomic E-state index is 0.155. The van der Waals surface area contributed by atoms with E-state index in [1.165, 1.54) is 0 Å². The number of benzene rings is 2. The molecule has 3 nitrogen and oxygen atoms in total. The predicted octanol–water partition coefficient (Wildman–Crippen LogP) is 4.39. The van der Waals surface area contributed by atoms with E-state index in [1.54, 1.807) is 0 Å². The number of rotatable bonds is 2. The maximum atomic E-state index is 12.5. The van der Waals surface area contributed by atoms with Crippen LogP contribution < -0.4 is 5.32 Å². The van der Waals surface area contributed by atoms with E-state index in [2.05, 4.69) is 5.32 Å². The number of amides is 1. The Balaban J connectivity index is 1.98. The lowest BCUT2D eigenvalue weighted by atomic mass is 10.1. The Morgan fingerprint density at radius 1 is 1.19 bits per heavy atom. The number of para-hydroxylation sites is 1. The van der Waals surface area contributed by atoms with Gasteiger partial charge in [0, 0.05) is 24.1 Å². The number of aromatic nitrogens is 1. The van der Waals surface area contributed by atoms with Crippen LogP contribution in [-0.4, -0.2) is 10.5 Å². The number of aryl methyl sites for hydroxylation is 2. The molecule has 1 amide bonds. The maximum Gasteiger partial charge on any atom is 0.257 e. The molecule has 0 aliphatic rings. The summed E-state index contributed by atoms with van der Waals surface area (Å²) in [5.74, 6) is -0.155. The summed E-state index contributed by atoms with van der Waals surface area (Å²) in [5, 5.41) is 4.35. The summed E-state index contributed by atoms with van der Waals surface area (Å²) in [4.78, 5) is 12.5. The standard InChI is InChI=1S/C17H15ClN2O/c1-11-7-8-15(14(18)9-11)19-17(21)13-10-20(2)16-6-4-3-5-12(13)16/h3-10H,1-2H3,(H,19,21). The molecule has 1 aromatic heterocycles. The summed E-state index contributed by atoms with van der Waals surface area (Å²) in [5.41, 5.74) is 3.35. The number of carbonyl (C=O) groups is 1.